The summed E-state index contributed by atoms with van der Waals surface area (Å²) < 4.78 is 0. The fourth-order valence-corrected chi connectivity index (χ4v) is 3.54. The number of carbonyl (C=O) groups excluding carboxylic acids is 1. The van der Waals surface area contributed by atoms with Crippen molar-refractivity contribution in [3.63, 3.8) is 0 Å². The van der Waals surface area contributed by atoms with Crippen molar-refractivity contribution < 1.29 is 4.79 Å². The summed E-state index contributed by atoms with van der Waals surface area (Å²) >= 11 is 0. The minimum absolute atomic E-state index is 0.164. The van der Waals surface area contributed by atoms with E-state index in [1.165, 1.54) is 5.56 Å². The van der Waals surface area contributed by atoms with Gasteiger partial charge in [-0.2, -0.15) is 5.21 Å². The topological polar surface area (TPSA) is 74.8 Å². The van der Waals surface area contributed by atoms with Crippen LogP contribution in [-0.4, -0.2) is 44.5 Å². The average Bonchev–Trinajstić information content (AvgIpc) is 3.10. The molecule has 0 radical (unpaired) electrons. The van der Waals surface area contributed by atoms with Crippen LogP contribution in [0.5, 0.6) is 0 Å². The highest BCUT2D eigenvalue weighted by Crippen LogP contribution is 2.32. The van der Waals surface area contributed by atoms with Crippen LogP contribution in [0.4, 0.5) is 0 Å². The Kier molecular flexibility index (Phi) is 4.64. The van der Waals surface area contributed by atoms with Crippen molar-refractivity contribution in [1.82, 2.24) is 25.5 Å². The van der Waals surface area contributed by atoms with E-state index in [9.17, 15) is 4.79 Å². The van der Waals surface area contributed by atoms with Crippen LogP contribution in [0.15, 0.2) is 30.3 Å². The van der Waals surface area contributed by atoms with E-state index in [0.717, 1.165) is 19.5 Å². The Morgan fingerprint density at radius 1 is 1.29 bits per heavy atom. The number of piperidine rings is 1. The average molecular weight is 327 g/mol. The van der Waals surface area contributed by atoms with E-state index in [1.807, 2.05) is 24.8 Å². The minimum Gasteiger partial charge on any atom is -0.342 e. The Labute approximate surface area is 142 Å². The number of aromatic nitrogens is 4. The largest absolute Gasteiger partial charge is 0.342 e. The van der Waals surface area contributed by atoms with E-state index < -0.39 is 5.41 Å². The Morgan fingerprint density at radius 3 is 2.71 bits per heavy atom. The standard InChI is InChI=1S/C18H25N5O/c1-13-9-15(14-7-5-4-6-8-14)12-23(11-13)16(24)10-18(2,3)17-19-21-22-20-17/h4-8,13,15H,9-12H2,1-3H3,(H,19,20,21,22). The SMILES string of the molecule is CC1CC(c2ccccc2)CN(C(=O)CC(C)(C)c2nn[nH]n2)C1. The summed E-state index contributed by atoms with van der Waals surface area (Å²) in [6.45, 7) is 7.80. The van der Waals surface area contributed by atoms with E-state index in [4.69, 9.17) is 0 Å². The van der Waals surface area contributed by atoms with Gasteiger partial charge in [-0.25, -0.2) is 0 Å². The monoisotopic (exact) mass is 327 g/mol. The van der Waals surface area contributed by atoms with Crippen molar-refractivity contribution in [3.05, 3.63) is 41.7 Å². The molecule has 0 saturated carbocycles. The molecule has 1 aromatic heterocycles. The van der Waals surface area contributed by atoms with Gasteiger partial charge in [0.15, 0.2) is 5.82 Å². The molecule has 2 aromatic rings. The summed E-state index contributed by atoms with van der Waals surface area (Å²) in [5.41, 5.74) is 0.895. The van der Waals surface area contributed by atoms with Gasteiger partial charge < -0.3 is 4.90 Å². The van der Waals surface area contributed by atoms with Crippen molar-refractivity contribution in [3.8, 4) is 0 Å². The van der Waals surface area contributed by atoms with E-state index in [1.54, 1.807) is 0 Å². The molecule has 1 aliphatic heterocycles. The van der Waals surface area contributed by atoms with Crippen LogP contribution in [0.1, 0.15) is 50.9 Å². The molecule has 2 heterocycles. The minimum atomic E-state index is -0.424. The zero-order valence-electron chi connectivity index (χ0n) is 14.6. The number of carbonyl (C=O) groups is 1. The maximum absolute atomic E-state index is 12.9. The van der Waals surface area contributed by atoms with E-state index in [-0.39, 0.29) is 5.91 Å². The van der Waals surface area contributed by atoms with Crippen molar-refractivity contribution in [2.75, 3.05) is 13.1 Å². The Balaban J connectivity index is 1.70. The van der Waals surface area contributed by atoms with E-state index >= 15 is 0 Å². The van der Waals surface area contributed by atoms with Crippen LogP contribution in [0.2, 0.25) is 0 Å². The lowest BCUT2D eigenvalue weighted by Crippen LogP contribution is -2.44. The summed E-state index contributed by atoms with van der Waals surface area (Å²) in [6.07, 6.45) is 1.52. The number of hydrogen-bond donors (Lipinski definition) is 1. The molecule has 1 fully saturated rings. The number of nitrogens with one attached hydrogen (secondary N) is 1. The highest BCUT2D eigenvalue weighted by molar-refractivity contribution is 5.77. The number of H-pyrrole nitrogens is 1. The Bertz CT molecular complexity index is 668. The number of hydrogen-bond acceptors (Lipinski definition) is 4. The lowest BCUT2D eigenvalue weighted by Gasteiger charge is -2.38. The Hall–Kier alpha value is -2.24. The molecular formula is C18H25N5O. The maximum atomic E-state index is 12.9. The van der Waals surface area contributed by atoms with Crippen LogP contribution in [-0.2, 0) is 10.2 Å². The number of tetrazole rings is 1. The summed E-state index contributed by atoms with van der Waals surface area (Å²) in [5.74, 6) is 1.66. The molecule has 2 atom stereocenters. The van der Waals surface area contributed by atoms with Gasteiger partial charge in [-0.3, -0.25) is 4.79 Å². The van der Waals surface area contributed by atoms with Crippen LogP contribution in [0.25, 0.3) is 0 Å². The van der Waals surface area contributed by atoms with E-state index in [0.29, 0.717) is 24.1 Å². The normalized spacial score (nSPS) is 21.7. The second kappa shape index (κ2) is 6.71. The van der Waals surface area contributed by atoms with Gasteiger partial charge in [0, 0.05) is 30.8 Å². The molecule has 128 valence electrons. The first-order valence-corrected chi connectivity index (χ1v) is 8.52. The molecule has 0 aliphatic carbocycles. The van der Waals surface area contributed by atoms with Gasteiger partial charge in [0.1, 0.15) is 0 Å². The van der Waals surface area contributed by atoms with Crippen molar-refractivity contribution >= 4 is 5.91 Å². The number of nitrogens with zero attached hydrogens (tertiary/aromatic N) is 4. The molecule has 1 aliphatic rings. The predicted molar refractivity (Wildman–Crippen MR) is 91.4 cm³/mol. The van der Waals surface area contributed by atoms with Crippen molar-refractivity contribution in [2.24, 2.45) is 5.92 Å². The van der Waals surface area contributed by atoms with E-state index in [2.05, 4.69) is 51.8 Å². The molecule has 24 heavy (non-hydrogen) atoms. The zero-order valence-corrected chi connectivity index (χ0v) is 14.6. The number of benzene rings is 1. The molecule has 6 nitrogen and oxygen atoms in total. The van der Waals surface area contributed by atoms with Gasteiger partial charge in [-0.15, -0.1) is 10.2 Å². The molecular weight excluding hydrogens is 302 g/mol. The quantitative estimate of drug-likeness (QED) is 0.936. The fourth-order valence-electron chi connectivity index (χ4n) is 3.54. The van der Waals surface area contributed by atoms with Crippen molar-refractivity contribution in [2.45, 2.75) is 44.9 Å². The first kappa shape index (κ1) is 16.6. The highest BCUT2D eigenvalue weighted by Gasteiger charge is 2.34. The third-order valence-corrected chi connectivity index (χ3v) is 4.83. The van der Waals surface area contributed by atoms with Crippen molar-refractivity contribution in [1.29, 1.82) is 0 Å². The first-order valence-electron chi connectivity index (χ1n) is 8.52. The van der Waals surface area contributed by atoms with Gasteiger partial charge in [-0.1, -0.05) is 56.3 Å². The molecule has 3 rings (SSSR count). The molecule has 1 amide bonds. The van der Waals surface area contributed by atoms with Crippen LogP contribution < -0.4 is 0 Å². The lowest BCUT2D eigenvalue weighted by molar-refractivity contribution is -0.134. The molecule has 0 spiro atoms. The second-order valence-corrected chi connectivity index (χ2v) is 7.54. The third kappa shape index (κ3) is 3.63. The molecule has 1 aromatic carbocycles. The number of aromatic amines is 1. The van der Waals surface area contributed by atoms with Crippen LogP contribution in [0, 0.1) is 5.92 Å². The highest BCUT2D eigenvalue weighted by atomic mass is 16.2. The van der Waals surface area contributed by atoms with Gasteiger partial charge in [0.25, 0.3) is 0 Å². The summed E-state index contributed by atoms with van der Waals surface area (Å²) in [5, 5.41) is 14.2. The summed E-state index contributed by atoms with van der Waals surface area (Å²) in [6, 6.07) is 10.5. The predicted octanol–water partition coefficient (Wildman–Crippen LogP) is 2.52. The summed E-state index contributed by atoms with van der Waals surface area (Å²) in [4.78, 5) is 14.9. The maximum Gasteiger partial charge on any atom is 0.223 e. The number of rotatable bonds is 4. The molecule has 1 N–H and O–H groups in total. The lowest BCUT2D eigenvalue weighted by atomic mass is 9.83. The zero-order chi connectivity index (χ0) is 17.2. The molecule has 2 unspecified atom stereocenters. The molecule has 6 heteroatoms. The number of likely N-dealkylation sites (tertiary alicyclic amines) is 1. The molecule has 1 saturated heterocycles. The summed E-state index contributed by atoms with van der Waals surface area (Å²) in [7, 11) is 0. The van der Waals surface area contributed by atoms with Gasteiger partial charge in [0.2, 0.25) is 5.91 Å². The van der Waals surface area contributed by atoms with Gasteiger partial charge >= 0.3 is 0 Å². The first-order chi connectivity index (χ1) is 11.5. The van der Waals surface area contributed by atoms with Gasteiger partial charge in [-0.05, 0) is 17.9 Å². The molecule has 0 bridgehead atoms. The van der Waals surface area contributed by atoms with Crippen LogP contribution >= 0.6 is 0 Å². The fraction of sp³-hybridized carbons (Fsp3) is 0.556. The number of amides is 1. The van der Waals surface area contributed by atoms with Crippen LogP contribution in [0.3, 0.4) is 0 Å². The smallest absolute Gasteiger partial charge is 0.223 e. The van der Waals surface area contributed by atoms with Gasteiger partial charge in [0.05, 0.1) is 0 Å². The third-order valence-electron chi connectivity index (χ3n) is 4.83. The Morgan fingerprint density at radius 2 is 2.04 bits per heavy atom. The second-order valence-electron chi connectivity index (χ2n) is 7.54.